The number of anilines is 1. The number of nitrogens with zero attached hydrogens (tertiary/aromatic N) is 2. The lowest BCUT2D eigenvalue weighted by atomic mass is 10.5. The van der Waals surface area contributed by atoms with Gasteiger partial charge in [0.15, 0.2) is 5.25 Å². The predicted molar refractivity (Wildman–Crippen MR) is 46.2 cm³/mol. The second kappa shape index (κ2) is 3.45. The van der Waals surface area contributed by atoms with Gasteiger partial charge in [-0.2, -0.15) is 10.4 Å². The fraction of sp³-hybridized carbons (Fsp3) is 0.333. The van der Waals surface area contributed by atoms with Gasteiger partial charge in [-0.15, -0.1) is 0 Å². The third-order valence-corrected chi connectivity index (χ3v) is 2.94. The maximum Gasteiger partial charge on any atom is 0.249 e. The summed E-state index contributed by atoms with van der Waals surface area (Å²) in [4.78, 5) is 0. The molecule has 0 aliphatic heterocycles. The Morgan fingerprint density at radius 2 is 2.46 bits per heavy atom. The van der Waals surface area contributed by atoms with Crippen molar-refractivity contribution in [3.05, 3.63) is 12.3 Å². The second-order valence-electron chi connectivity index (χ2n) is 2.39. The van der Waals surface area contributed by atoms with Crippen LogP contribution in [0.4, 0.5) is 5.82 Å². The summed E-state index contributed by atoms with van der Waals surface area (Å²) in [5.41, 5.74) is 0. The van der Waals surface area contributed by atoms with Crippen LogP contribution in [0.5, 0.6) is 0 Å². The van der Waals surface area contributed by atoms with Gasteiger partial charge in [0.25, 0.3) is 0 Å². The largest absolute Gasteiger partial charge is 0.267 e. The molecule has 0 amide bonds. The standard InChI is InChI=1S/C6H8N4O2S/c1-5(4-7)13(11,12)10-6-2-3-8-9-6/h2-3,5H,1H3,(H2,8,9,10). The molecule has 0 fully saturated rings. The second-order valence-corrected chi connectivity index (χ2v) is 4.39. The van der Waals surface area contributed by atoms with E-state index in [-0.39, 0.29) is 5.82 Å². The van der Waals surface area contributed by atoms with Crippen molar-refractivity contribution in [3.63, 3.8) is 0 Å². The molecule has 1 unspecified atom stereocenters. The van der Waals surface area contributed by atoms with Crippen molar-refractivity contribution in [1.29, 1.82) is 5.26 Å². The van der Waals surface area contributed by atoms with Crippen LogP contribution < -0.4 is 4.72 Å². The number of hydrogen-bond donors (Lipinski definition) is 2. The van der Waals surface area contributed by atoms with Crippen LogP contribution in [0.15, 0.2) is 12.3 Å². The average Bonchev–Trinajstić information content (AvgIpc) is 2.54. The molecular weight excluding hydrogens is 192 g/mol. The molecule has 0 bridgehead atoms. The van der Waals surface area contributed by atoms with Crippen molar-refractivity contribution < 1.29 is 8.42 Å². The highest BCUT2D eigenvalue weighted by atomic mass is 32.2. The van der Waals surface area contributed by atoms with Crippen molar-refractivity contribution >= 4 is 15.8 Å². The molecule has 0 saturated carbocycles. The molecule has 13 heavy (non-hydrogen) atoms. The lowest BCUT2D eigenvalue weighted by Crippen LogP contribution is -2.23. The van der Waals surface area contributed by atoms with Crippen molar-refractivity contribution in [2.75, 3.05) is 4.72 Å². The van der Waals surface area contributed by atoms with Crippen LogP contribution in [0.1, 0.15) is 6.92 Å². The first kappa shape index (κ1) is 9.54. The van der Waals surface area contributed by atoms with Crippen LogP contribution in [-0.2, 0) is 10.0 Å². The maximum absolute atomic E-state index is 11.2. The van der Waals surface area contributed by atoms with Gasteiger partial charge in [-0.05, 0) is 6.92 Å². The van der Waals surface area contributed by atoms with Crippen molar-refractivity contribution in [2.45, 2.75) is 12.2 Å². The first-order valence-corrected chi connectivity index (χ1v) is 5.01. The van der Waals surface area contributed by atoms with Crippen molar-refractivity contribution in [3.8, 4) is 6.07 Å². The predicted octanol–water partition coefficient (Wildman–Crippen LogP) is 0.0635. The number of rotatable bonds is 3. The molecule has 1 aromatic heterocycles. The third-order valence-electron chi connectivity index (χ3n) is 1.40. The molecule has 6 nitrogen and oxygen atoms in total. The first-order chi connectivity index (χ1) is 6.06. The lowest BCUT2D eigenvalue weighted by Gasteiger charge is -2.05. The van der Waals surface area contributed by atoms with E-state index in [0.29, 0.717) is 0 Å². The quantitative estimate of drug-likeness (QED) is 0.720. The summed E-state index contributed by atoms with van der Waals surface area (Å²) in [7, 11) is -3.62. The molecule has 7 heteroatoms. The Kier molecular flexibility index (Phi) is 2.53. The van der Waals surface area contributed by atoms with Gasteiger partial charge >= 0.3 is 0 Å². The fourth-order valence-electron chi connectivity index (χ4n) is 0.624. The van der Waals surface area contributed by atoms with Gasteiger partial charge in [-0.3, -0.25) is 9.82 Å². The van der Waals surface area contributed by atoms with Crippen LogP contribution >= 0.6 is 0 Å². The van der Waals surface area contributed by atoms with Gasteiger partial charge < -0.3 is 0 Å². The Labute approximate surface area is 75.6 Å². The summed E-state index contributed by atoms with van der Waals surface area (Å²) in [6.45, 7) is 1.30. The highest BCUT2D eigenvalue weighted by Crippen LogP contribution is 2.06. The maximum atomic E-state index is 11.2. The minimum Gasteiger partial charge on any atom is -0.267 e. The Bertz CT molecular complexity index is 402. The molecule has 0 aliphatic rings. The van der Waals surface area contributed by atoms with Crippen LogP contribution in [0.25, 0.3) is 0 Å². The van der Waals surface area contributed by atoms with Gasteiger partial charge in [0.1, 0.15) is 5.82 Å². The van der Waals surface area contributed by atoms with Gasteiger partial charge in [-0.1, -0.05) is 0 Å². The van der Waals surface area contributed by atoms with Gasteiger partial charge in [0, 0.05) is 6.07 Å². The number of nitrogens with one attached hydrogen (secondary N) is 2. The average molecular weight is 200 g/mol. The zero-order valence-electron chi connectivity index (χ0n) is 6.85. The van der Waals surface area contributed by atoms with E-state index < -0.39 is 15.3 Å². The number of aromatic amines is 1. The Morgan fingerprint density at radius 3 is 2.92 bits per heavy atom. The van der Waals surface area contributed by atoms with Crippen LogP contribution in [0.2, 0.25) is 0 Å². The number of sulfonamides is 1. The van der Waals surface area contributed by atoms with Gasteiger partial charge in [-0.25, -0.2) is 8.42 Å². The number of nitriles is 1. The van der Waals surface area contributed by atoms with E-state index in [1.807, 2.05) is 0 Å². The van der Waals surface area contributed by atoms with Crippen LogP contribution in [0.3, 0.4) is 0 Å². The molecule has 0 spiro atoms. The van der Waals surface area contributed by atoms with Gasteiger partial charge in [0.2, 0.25) is 10.0 Å². The summed E-state index contributed by atoms with van der Waals surface area (Å²) >= 11 is 0. The van der Waals surface area contributed by atoms with E-state index in [1.54, 1.807) is 6.07 Å². The Hall–Kier alpha value is -1.55. The zero-order chi connectivity index (χ0) is 9.90. The van der Waals surface area contributed by atoms with Crippen LogP contribution in [0, 0.1) is 11.3 Å². The summed E-state index contributed by atoms with van der Waals surface area (Å²) < 4.78 is 24.7. The minimum absolute atomic E-state index is 0.252. The number of aromatic nitrogens is 2. The first-order valence-electron chi connectivity index (χ1n) is 3.47. The summed E-state index contributed by atoms with van der Waals surface area (Å²) in [5.74, 6) is 0.252. The fourth-order valence-corrected chi connectivity index (χ4v) is 1.36. The normalized spacial score (nSPS) is 13.2. The minimum atomic E-state index is -3.62. The molecule has 2 N–H and O–H groups in total. The van der Waals surface area contributed by atoms with E-state index in [0.717, 1.165) is 0 Å². The highest BCUT2D eigenvalue weighted by Gasteiger charge is 2.20. The summed E-state index contributed by atoms with van der Waals surface area (Å²) in [5, 5.41) is 13.3. The van der Waals surface area contributed by atoms with Crippen molar-refractivity contribution in [2.24, 2.45) is 0 Å². The molecule has 70 valence electrons. The number of hydrogen-bond acceptors (Lipinski definition) is 4. The van der Waals surface area contributed by atoms with E-state index >= 15 is 0 Å². The lowest BCUT2D eigenvalue weighted by molar-refractivity contribution is 0.597. The molecule has 1 aromatic rings. The molecule has 0 saturated heterocycles. The molecule has 1 rings (SSSR count). The van der Waals surface area contributed by atoms with Crippen LogP contribution in [-0.4, -0.2) is 23.9 Å². The van der Waals surface area contributed by atoms with E-state index in [4.69, 9.17) is 5.26 Å². The van der Waals surface area contributed by atoms with E-state index in [2.05, 4.69) is 14.9 Å². The molecule has 0 aliphatic carbocycles. The van der Waals surface area contributed by atoms with Crippen molar-refractivity contribution in [1.82, 2.24) is 10.2 Å². The van der Waals surface area contributed by atoms with E-state index in [1.165, 1.54) is 19.2 Å². The smallest absolute Gasteiger partial charge is 0.249 e. The van der Waals surface area contributed by atoms with E-state index in [9.17, 15) is 8.42 Å². The third kappa shape index (κ3) is 2.19. The molecule has 1 atom stereocenters. The SMILES string of the molecule is CC(C#N)S(=O)(=O)Nc1ccn[nH]1. The number of H-pyrrole nitrogens is 1. The molecule has 0 aromatic carbocycles. The topological polar surface area (TPSA) is 98.6 Å². The molecule has 0 radical (unpaired) electrons. The molecule has 1 heterocycles. The monoisotopic (exact) mass is 200 g/mol. The summed E-state index contributed by atoms with van der Waals surface area (Å²) in [6.07, 6.45) is 1.41. The Morgan fingerprint density at radius 1 is 1.77 bits per heavy atom. The van der Waals surface area contributed by atoms with Gasteiger partial charge in [0.05, 0.1) is 12.3 Å². The summed E-state index contributed by atoms with van der Waals surface area (Å²) in [6, 6.07) is 3.09. The zero-order valence-corrected chi connectivity index (χ0v) is 7.67. The highest BCUT2D eigenvalue weighted by molar-refractivity contribution is 7.93. The molecular formula is C6H8N4O2S. The Balaban J connectivity index is 2.81.